The lowest BCUT2D eigenvalue weighted by atomic mass is 9.93. The molecule has 4 heteroatoms. The number of aldehydes is 1. The van der Waals surface area contributed by atoms with Crippen molar-refractivity contribution in [2.75, 3.05) is 6.54 Å². The maximum Gasteiger partial charge on any atom is 0.410 e. The third-order valence-electron chi connectivity index (χ3n) is 3.51. The minimum atomic E-state index is -0.456. The highest BCUT2D eigenvalue weighted by atomic mass is 16.6. The van der Waals surface area contributed by atoms with Crippen LogP contribution >= 0.6 is 0 Å². The quantitative estimate of drug-likeness (QED) is 0.580. The first kappa shape index (κ1) is 16.0. The van der Waals surface area contributed by atoms with Crippen molar-refractivity contribution in [3.05, 3.63) is 0 Å². The molecule has 4 nitrogen and oxygen atoms in total. The van der Waals surface area contributed by atoms with Gasteiger partial charge in [0, 0.05) is 18.5 Å². The maximum atomic E-state index is 12.2. The minimum Gasteiger partial charge on any atom is -0.444 e. The number of likely N-dealkylation sites (tertiary alicyclic amines) is 1. The van der Waals surface area contributed by atoms with Gasteiger partial charge in [-0.1, -0.05) is 0 Å². The van der Waals surface area contributed by atoms with E-state index in [-0.39, 0.29) is 11.6 Å². The number of ether oxygens (including phenoxy) is 1. The van der Waals surface area contributed by atoms with E-state index >= 15 is 0 Å². The van der Waals surface area contributed by atoms with E-state index < -0.39 is 5.60 Å². The SMILES string of the molecule is CC(C)(C)OC(=O)N1C[C@@H](CCCC=O)CC1(C)C. The molecule has 0 aromatic rings. The van der Waals surface area contributed by atoms with E-state index in [4.69, 9.17) is 4.74 Å². The monoisotopic (exact) mass is 269 g/mol. The highest BCUT2D eigenvalue weighted by molar-refractivity contribution is 5.69. The van der Waals surface area contributed by atoms with E-state index in [1.165, 1.54) is 0 Å². The Morgan fingerprint density at radius 1 is 1.42 bits per heavy atom. The van der Waals surface area contributed by atoms with Crippen LogP contribution in [-0.4, -0.2) is 35.0 Å². The van der Waals surface area contributed by atoms with Gasteiger partial charge in [0.2, 0.25) is 0 Å². The summed E-state index contributed by atoms with van der Waals surface area (Å²) in [6.07, 6.45) is 4.24. The van der Waals surface area contributed by atoms with Crippen LogP contribution in [0.5, 0.6) is 0 Å². The number of hydrogen-bond acceptors (Lipinski definition) is 3. The first-order valence-electron chi connectivity index (χ1n) is 7.10. The lowest BCUT2D eigenvalue weighted by molar-refractivity contribution is -0.108. The van der Waals surface area contributed by atoms with Gasteiger partial charge in [0.15, 0.2) is 0 Å². The van der Waals surface area contributed by atoms with Gasteiger partial charge in [-0.05, 0) is 59.8 Å². The Labute approximate surface area is 116 Å². The summed E-state index contributed by atoms with van der Waals surface area (Å²) in [5.74, 6) is 0.475. The molecule has 110 valence electrons. The lowest BCUT2D eigenvalue weighted by Gasteiger charge is -2.33. The number of unbranched alkanes of at least 4 members (excludes halogenated alkanes) is 1. The summed E-state index contributed by atoms with van der Waals surface area (Å²) < 4.78 is 5.46. The van der Waals surface area contributed by atoms with Gasteiger partial charge in [-0.15, -0.1) is 0 Å². The molecule has 0 aliphatic carbocycles. The standard InChI is InChI=1S/C15H27NO3/c1-14(2,3)19-13(18)16-11-12(8-6-7-9-17)10-15(16,4)5/h9,12H,6-8,10-11H2,1-5H3/t12-/m0/s1. The maximum absolute atomic E-state index is 12.2. The van der Waals surface area contributed by atoms with Crippen LogP contribution in [0.15, 0.2) is 0 Å². The molecule has 0 spiro atoms. The summed E-state index contributed by atoms with van der Waals surface area (Å²) in [5, 5.41) is 0. The summed E-state index contributed by atoms with van der Waals surface area (Å²) in [6, 6.07) is 0. The lowest BCUT2D eigenvalue weighted by Crippen LogP contribution is -2.45. The molecule has 0 aromatic heterocycles. The largest absolute Gasteiger partial charge is 0.444 e. The molecular weight excluding hydrogens is 242 g/mol. The minimum absolute atomic E-state index is 0.159. The molecule has 1 atom stereocenters. The summed E-state index contributed by atoms with van der Waals surface area (Å²) in [4.78, 5) is 24.4. The molecule has 1 heterocycles. The molecule has 1 saturated heterocycles. The van der Waals surface area contributed by atoms with Crippen molar-refractivity contribution in [1.29, 1.82) is 0 Å². The Balaban J connectivity index is 2.58. The molecule has 19 heavy (non-hydrogen) atoms. The molecule has 1 fully saturated rings. The zero-order valence-electron chi connectivity index (χ0n) is 12.9. The molecule has 0 aromatic carbocycles. The second-order valence-corrected chi connectivity index (χ2v) is 7.07. The topological polar surface area (TPSA) is 46.6 Å². The molecular formula is C15H27NO3. The van der Waals surface area contributed by atoms with E-state index in [0.29, 0.717) is 12.3 Å². The number of nitrogens with zero attached hydrogens (tertiary/aromatic N) is 1. The van der Waals surface area contributed by atoms with Crippen molar-refractivity contribution in [2.24, 2.45) is 5.92 Å². The molecule has 0 N–H and O–H groups in total. The van der Waals surface area contributed by atoms with E-state index in [1.54, 1.807) is 0 Å². The van der Waals surface area contributed by atoms with Gasteiger partial charge in [0.1, 0.15) is 11.9 Å². The van der Waals surface area contributed by atoms with Crippen molar-refractivity contribution < 1.29 is 14.3 Å². The van der Waals surface area contributed by atoms with Crippen LogP contribution in [-0.2, 0) is 9.53 Å². The fourth-order valence-corrected chi connectivity index (χ4v) is 2.71. The normalized spacial score (nSPS) is 22.4. The van der Waals surface area contributed by atoms with Crippen LogP contribution in [0.4, 0.5) is 4.79 Å². The number of hydrogen-bond donors (Lipinski definition) is 0. The Bertz CT molecular complexity index is 331. The Kier molecular flexibility index (Phi) is 4.99. The van der Waals surface area contributed by atoms with Gasteiger partial charge in [-0.2, -0.15) is 0 Å². The highest BCUT2D eigenvalue weighted by Crippen LogP contribution is 2.36. The molecule has 1 amide bonds. The summed E-state index contributed by atoms with van der Waals surface area (Å²) in [5.41, 5.74) is -0.614. The van der Waals surface area contributed by atoms with E-state index in [1.807, 2.05) is 25.7 Å². The predicted molar refractivity (Wildman–Crippen MR) is 75.0 cm³/mol. The van der Waals surface area contributed by atoms with Crippen LogP contribution in [0.3, 0.4) is 0 Å². The van der Waals surface area contributed by atoms with E-state index in [2.05, 4.69) is 13.8 Å². The van der Waals surface area contributed by atoms with Gasteiger partial charge in [-0.25, -0.2) is 4.79 Å². The number of amides is 1. The number of carbonyl (C=O) groups is 2. The predicted octanol–water partition coefficient (Wildman–Crippen LogP) is 3.39. The summed E-state index contributed by atoms with van der Waals surface area (Å²) in [6.45, 7) is 10.6. The van der Waals surface area contributed by atoms with Gasteiger partial charge in [0.05, 0.1) is 0 Å². The first-order chi connectivity index (χ1) is 8.65. The smallest absolute Gasteiger partial charge is 0.410 e. The molecule has 1 rings (SSSR count). The molecule has 0 saturated carbocycles. The fourth-order valence-electron chi connectivity index (χ4n) is 2.71. The van der Waals surface area contributed by atoms with Gasteiger partial charge >= 0.3 is 6.09 Å². The van der Waals surface area contributed by atoms with Gasteiger partial charge in [-0.3, -0.25) is 0 Å². The van der Waals surface area contributed by atoms with E-state index in [0.717, 1.165) is 32.1 Å². The zero-order valence-corrected chi connectivity index (χ0v) is 12.9. The van der Waals surface area contributed by atoms with Gasteiger partial charge in [0.25, 0.3) is 0 Å². The van der Waals surface area contributed by atoms with Crippen molar-refractivity contribution in [2.45, 2.75) is 71.4 Å². The average molecular weight is 269 g/mol. The van der Waals surface area contributed by atoms with Crippen LogP contribution in [0.25, 0.3) is 0 Å². The van der Waals surface area contributed by atoms with Gasteiger partial charge < -0.3 is 14.4 Å². The second kappa shape index (κ2) is 5.93. The van der Waals surface area contributed by atoms with Crippen molar-refractivity contribution in [3.63, 3.8) is 0 Å². The number of rotatable bonds is 4. The first-order valence-corrected chi connectivity index (χ1v) is 7.10. The van der Waals surface area contributed by atoms with Crippen LogP contribution < -0.4 is 0 Å². The molecule has 1 aliphatic heterocycles. The van der Waals surface area contributed by atoms with Crippen molar-refractivity contribution in [1.82, 2.24) is 4.90 Å². The third-order valence-corrected chi connectivity index (χ3v) is 3.51. The Hall–Kier alpha value is -1.06. The molecule has 1 aliphatic rings. The summed E-state index contributed by atoms with van der Waals surface area (Å²) in [7, 11) is 0. The molecule has 0 bridgehead atoms. The van der Waals surface area contributed by atoms with Crippen LogP contribution in [0.1, 0.15) is 60.3 Å². The Morgan fingerprint density at radius 2 is 2.05 bits per heavy atom. The number of carbonyl (C=O) groups excluding carboxylic acids is 2. The molecule has 0 radical (unpaired) electrons. The van der Waals surface area contributed by atoms with Crippen LogP contribution in [0.2, 0.25) is 0 Å². The zero-order chi connectivity index (χ0) is 14.7. The van der Waals surface area contributed by atoms with Crippen molar-refractivity contribution in [3.8, 4) is 0 Å². The third kappa shape index (κ3) is 4.84. The van der Waals surface area contributed by atoms with Crippen molar-refractivity contribution >= 4 is 12.4 Å². The second-order valence-electron chi connectivity index (χ2n) is 7.07. The highest BCUT2D eigenvalue weighted by Gasteiger charge is 2.42. The fraction of sp³-hybridized carbons (Fsp3) is 0.867. The van der Waals surface area contributed by atoms with Crippen LogP contribution in [0, 0.1) is 5.92 Å². The average Bonchev–Trinajstić information content (AvgIpc) is 2.51. The molecule has 0 unspecified atom stereocenters. The van der Waals surface area contributed by atoms with E-state index in [9.17, 15) is 9.59 Å². The summed E-state index contributed by atoms with van der Waals surface area (Å²) >= 11 is 0. The Morgan fingerprint density at radius 3 is 2.58 bits per heavy atom.